The van der Waals surface area contributed by atoms with Crippen LogP contribution in [0, 0.1) is 6.92 Å². The number of oxime groups is 2. The van der Waals surface area contributed by atoms with Gasteiger partial charge >= 0.3 is 0 Å². The van der Waals surface area contributed by atoms with Crippen LogP contribution in [0.5, 0.6) is 5.75 Å². The third-order valence-corrected chi connectivity index (χ3v) is 3.42. The Balaban J connectivity index is 2.32. The lowest BCUT2D eigenvalue weighted by Crippen LogP contribution is -2.20. The van der Waals surface area contributed by atoms with Gasteiger partial charge in [0.05, 0.1) is 7.11 Å². The number of aryl methyl sites for hydroxylation is 1. The normalized spacial score (nSPS) is 12.0. The van der Waals surface area contributed by atoms with Gasteiger partial charge in [0.15, 0.2) is 5.71 Å². The summed E-state index contributed by atoms with van der Waals surface area (Å²) in [6.07, 6.45) is 0. The van der Waals surface area contributed by atoms with Crippen LogP contribution in [0.15, 0.2) is 58.8 Å². The van der Waals surface area contributed by atoms with Crippen LogP contribution < -0.4 is 4.74 Å². The van der Waals surface area contributed by atoms with Crippen LogP contribution in [-0.2, 0) is 16.2 Å². The zero-order chi connectivity index (χ0) is 17.4. The van der Waals surface area contributed by atoms with Gasteiger partial charge in [-0.1, -0.05) is 47.6 Å². The Hall–Kier alpha value is -3.02. The lowest BCUT2D eigenvalue weighted by molar-refractivity contribution is 0.213. The van der Waals surface area contributed by atoms with Crippen molar-refractivity contribution in [3.05, 3.63) is 65.2 Å². The SMILES string of the molecule is CO/N=C(/C(=NO)OC)c1ccccc1COc1ccccc1C. The van der Waals surface area contributed by atoms with E-state index in [1.165, 1.54) is 14.2 Å². The van der Waals surface area contributed by atoms with E-state index < -0.39 is 0 Å². The van der Waals surface area contributed by atoms with Crippen molar-refractivity contribution >= 4 is 11.6 Å². The number of methoxy groups -OCH3 is 1. The third-order valence-electron chi connectivity index (χ3n) is 3.42. The van der Waals surface area contributed by atoms with E-state index in [1.54, 1.807) is 0 Å². The minimum absolute atomic E-state index is 0.0415. The van der Waals surface area contributed by atoms with Crippen molar-refractivity contribution in [3.8, 4) is 5.75 Å². The first-order valence-electron chi connectivity index (χ1n) is 7.35. The van der Waals surface area contributed by atoms with Gasteiger partial charge in [-0.25, -0.2) is 0 Å². The van der Waals surface area contributed by atoms with Gasteiger partial charge in [0.1, 0.15) is 19.5 Å². The first kappa shape index (κ1) is 17.3. The molecule has 0 saturated heterocycles. The summed E-state index contributed by atoms with van der Waals surface area (Å²) in [5.74, 6) is 0.764. The Morgan fingerprint density at radius 1 is 1.04 bits per heavy atom. The van der Waals surface area contributed by atoms with E-state index in [9.17, 15) is 0 Å². The summed E-state index contributed by atoms with van der Waals surface area (Å²) in [5.41, 5.74) is 2.89. The molecule has 0 heterocycles. The Kier molecular flexibility index (Phi) is 6.19. The van der Waals surface area contributed by atoms with Crippen LogP contribution in [0.3, 0.4) is 0 Å². The highest BCUT2D eigenvalue weighted by Crippen LogP contribution is 2.20. The van der Waals surface area contributed by atoms with Crippen LogP contribution in [0.1, 0.15) is 16.7 Å². The molecule has 0 atom stereocenters. The van der Waals surface area contributed by atoms with Gasteiger partial charge in [-0.3, -0.25) is 0 Å². The standard InChI is InChI=1S/C18H20N2O4/c1-13-8-4-7-11-16(13)24-12-14-9-5-6-10-15(14)17(20-23-3)18(19-21)22-2/h4-11,21H,12H2,1-3H3/b19-18?,20-17+. The number of para-hydroxylation sites is 1. The number of rotatable bonds is 6. The highest BCUT2D eigenvalue weighted by Gasteiger charge is 2.18. The minimum atomic E-state index is -0.0415. The summed E-state index contributed by atoms with van der Waals surface area (Å²) in [4.78, 5) is 4.86. The molecule has 0 aromatic heterocycles. The summed E-state index contributed by atoms with van der Waals surface area (Å²) < 4.78 is 11.0. The molecule has 0 amide bonds. The molecule has 2 rings (SSSR count). The van der Waals surface area contributed by atoms with Crippen molar-refractivity contribution in [2.45, 2.75) is 13.5 Å². The Bertz CT molecular complexity index is 741. The van der Waals surface area contributed by atoms with Crippen LogP contribution in [0.4, 0.5) is 0 Å². The summed E-state index contributed by atoms with van der Waals surface area (Å²) >= 11 is 0. The Morgan fingerprint density at radius 3 is 2.42 bits per heavy atom. The van der Waals surface area contributed by atoms with Crippen LogP contribution in [0.25, 0.3) is 0 Å². The molecular weight excluding hydrogens is 308 g/mol. The smallest absolute Gasteiger partial charge is 0.280 e. The fraction of sp³-hybridized carbons (Fsp3) is 0.222. The van der Waals surface area contributed by atoms with E-state index in [0.29, 0.717) is 12.2 Å². The van der Waals surface area contributed by atoms with E-state index >= 15 is 0 Å². The van der Waals surface area contributed by atoms with Gasteiger partial charge in [-0.2, -0.15) is 0 Å². The van der Waals surface area contributed by atoms with Gasteiger partial charge in [-0.15, -0.1) is 0 Å². The molecule has 1 N–H and O–H groups in total. The summed E-state index contributed by atoms with van der Waals surface area (Å²) in [7, 11) is 2.81. The topological polar surface area (TPSA) is 72.6 Å². The first-order chi connectivity index (χ1) is 11.7. The van der Waals surface area contributed by atoms with Crippen molar-refractivity contribution < 1.29 is 19.5 Å². The molecule has 24 heavy (non-hydrogen) atoms. The number of hydrogen-bond acceptors (Lipinski definition) is 6. The van der Waals surface area contributed by atoms with Crippen molar-refractivity contribution in [2.75, 3.05) is 14.2 Å². The molecule has 0 unspecified atom stereocenters. The predicted molar refractivity (Wildman–Crippen MR) is 91.7 cm³/mol. The highest BCUT2D eigenvalue weighted by molar-refractivity contribution is 6.45. The lowest BCUT2D eigenvalue weighted by atomic mass is 10.0. The van der Waals surface area contributed by atoms with Crippen LogP contribution in [0.2, 0.25) is 0 Å². The molecule has 0 saturated carbocycles. The maximum Gasteiger partial charge on any atom is 0.280 e. The monoisotopic (exact) mass is 328 g/mol. The van der Waals surface area contributed by atoms with E-state index in [2.05, 4.69) is 10.3 Å². The fourth-order valence-corrected chi connectivity index (χ4v) is 2.23. The van der Waals surface area contributed by atoms with Crippen molar-refractivity contribution in [3.63, 3.8) is 0 Å². The summed E-state index contributed by atoms with van der Waals surface area (Å²) in [5, 5.41) is 16.1. The number of ether oxygens (including phenoxy) is 2. The maximum atomic E-state index is 9.11. The van der Waals surface area contributed by atoms with E-state index in [-0.39, 0.29) is 11.6 Å². The van der Waals surface area contributed by atoms with E-state index in [4.69, 9.17) is 19.5 Å². The van der Waals surface area contributed by atoms with E-state index in [0.717, 1.165) is 16.9 Å². The molecule has 0 bridgehead atoms. The molecule has 0 aliphatic carbocycles. The largest absolute Gasteiger partial charge is 0.489 e. The van der Waals surface area contributed by atoms with Gasteiger partial charge in [0.25, 0.3) is 5.90 Å². The van der Waals surface area contributed by atoms with Gasteiger partial charge in [-0.05, 0) is 29.3 Å². The highest BCUT2D eigenvalue weighted by atomic mass is 16.6. The number of nitrogens with zero attached hydrogens (tertiary/aromatic N) is 2. The Labute approximate surface area is 141 Å². The van der Waals surface area contributed by atoms with Gasteiger partial charge < -0.3 is 19.5 Å². The molecule has 0 spiro atoms. The van der Waals surface area contributed by atoms with Gasteiger partial charge in [0.2, 0.25) is 0 Å². The first-order valence-corrected chi connectivity index (χ1v) is 7.35. The van der Waals surface area contributed by atoms with E-state index in [1.807, 2.05) is 55.5 Å². The van der Waals surface area contributed by atoms with Crippen molar-refractivity contribution in [2.24, 2.45) is 10.3 Å². The second-order valence-corrected chi connectivity index (χ2v) is 4.94. The molecule has 2 aromatic carbocycles. The molecule has 0 radical (unpaired) electrons. The third kappa shape index (κ3) is 4.04. The molecule has 0 fully saturated rings. The second-order valence-electron chi connectivity index (χ2n) is 4.94. The predicted octanol–water partition coefficient (Wildman–Crippen LogP) is 3.36. The average Bonchev–Trinajstić information content (AvgIpc) is 2.61. The van der Waals surface area contributed by atoms with Crippen LogP contribution >= 0.6 is 0 Å². The molecule has 0 aliphatic heterocycles. The average molecular weight is 328 g/mol. The maximum absolute atomic E-state index is 9.11. The quantitative estimate of drug-likeness (QED) is 0.382. The molecule has 0 aliphatic rings. The zero-order valence-corrected chi connectivity index (χ0v) is 13.9. The minimum Gasteiger partial charge on any atom is -0.489 e. The molecule has 6 nitrogen and oxygen atoms in total. The number of benzene rings is 2. The second kappa shape index (κ2) is 8.57. The van der Waals surface area contributed by atoms with Crippen LogP contribution in [-0.4, -0.2) is 31.0 Å². The molecule has 6 heteroatoms. The zero-order valence-electron chi connectivity index (χ0n) is 13.9. The Morgan fingerprint density at radius 2 is 1.75 bits per heavy atom. The summed E-state index contributed by atoms with van der Waals surface area (Å²) in [6, 6.07) is 15.3. The van der Waals surface area contributed by atoms with Gasteiger partial charge in [0, 0.05) is 5.56 Å². The lowest BCUT2D eigenvalue weighted by Gasteiger charge is -2.13. The van der Waals surface area contributed by atoms with Crippen molar-refractivity contribution in [1.82, 2.24) is 0 Å². The molecular formula is C18H20N2O4. The number of hydrogen-bond donors (Lipinski definition) is 1. The molecule has 126 valence electrons. The fourth-order valence-electron chi connectivity index (χ4n) is 2.23. The summed E-state index contributed by atoms with van der Waals surface area (Å²) in [6.45, 7) is 2.31. The molecule has 2 aromatic rings. The van der Waals surface area contributed by atoms with Crippen molar-refractivity contribution in [1.29, 1.82) is 0 Å².